The molecule has 4 nitrogen and oxygen atoms in total. The zero-order chi connectivity index (χ0) is 21.3. The lowest BCUT2D eigenvalue weighted by molar-refractivity contribution is 0.454. The average molecular weight is 441 g/mol. The number of hydrogen-bond donors (Lipinski definition) is 2. The molecule has 0 atom stereocenters. The molecule has 0 saturated carbocycles. The fourth-order valence-corrected chi connectivity index (χ4v) is 2.64. The molecule has 4 rings (SSSR count). The summed E-state index contributed by atoms with van der Waals surface area (Å²) < 4.78 is 11.0. The van der Waals surface area contributed by atoms with E-state index in [2.05, 4.69) is 0 Å². The van der Waals surface area contributed by atoms with Crippen LogP contribution in [0, 0.1) is 0 Å². The maximum absolute atomic E-state index is 9.37. The van der Waals surface area contributed by atoms with Crippen LogP contribution in [0.25, 0.3) is 0 Å². The third-order valence-electron chi connectivity index (χ3n) is 3.78. The summed E-state index contributed by atoms with van der Waals surface area (Å²) >= 11 is 11.6. The minimum atomic E-state index is 0.0186. The van der Waals surface area contributed by atoms with E-state index in [0.29, 0.717) is 27.3 Å². The molecule has 0 aliphatic carbocycles. The van der Waals surface area contributed by atoms with Crippen molar-refractivity contribution in [3.05, 3.63) is 107 Å². The number of phenols is 2. The molecule has 30 heavy (non-hydrogen) atoms. The lowest BCUT2D eigenvalue weighted by Gasteiger charge is -2.07. The largest absolute Gasteiger partial charge is 0.508 e. The number of aromatic hydroxyl groups is 2. The van der Waals surface area contributed by atoms with Gasteiger partial charge in [-0.25, -0.2) is 0 Å². The van der Waals surface area contributed by atoms with Crippen LogP contribution in [0.4, 0.5) is 0 Å². The van der Waals surface area contributed by atoms with Crippen LogP contribution in [0.3, 0.4) is 0 Å². The first-order valence-electron chi connectivity index (χ1n) is 8.94. The zero-order valence-corrected chi connectivity index (χ0v) is 17.2. The molecule has 0 heterocycles. The Bertz CT molecular complexity index is 1090. The van der Waals surface area contributed by atoms with Crippen molar-refractivity contribution in [1.29, 1.82) is 0 Å². The van der Waals surface area contributed by atoms with Crippen molar-refractivity contribution in [3.8, 4) is 34.5 Å². The summed E-state index contributed by atoms with van der Waals surface area (Å²) in [5.74, 6) is 2.56. The number of halogens is 2. The first-order chi connectivity index (χ1) is 14.5. The number of hydrogen-bond acceptors (Lipinski definition) is 4. The first-order valence-corrected chi connectivity index (χ1v) is 9.70. The Kier molecular flexibility index (Phi) is 7.44. The normalized spacial score (nSPS) is 9.93. The van der Waals surface area contributed by atoms with Crippen molar-refractivity contribution in [2.75, 3.05) is 0 Å². The van der Waals surface area contributed by atoms with Gasteiger partial charge in [-0.2, -0.15) is 0 Å². The van der Waals surface area contributed by atoms with Crippen LogP contribution in [0.1, 0.15) is 0 Å². The molecule has 0 radical (unpaired) electrons. The van der Waals surface area contributed by atoms with E-state index in [1.54, 1.807) is 18.2 Å². The van der Waals surface area contributed by atoms with Gasteiger partial charge in [0.25, 0.3) is 0 Å². The molecule has 0 spiro atoms. The molecule has 0 aliphatic rings. The van der Waals surface area contributed by atoms with E-state index in [0.717, 1.165) is 5.75 Å². The number of phenolic OH excluding ortho intramolecular Hbond substituents is 2. The van der Waals surface area contributed by atoms with E-state index in [4.69, 9.17) is 32.7 Å². The van der Waals surface area contributed by atoms with Crippen LogP contribution in [-0.2, 0) is 0 Å². The molecule has 0 saturated heterocycles. The highest BCUT2D eigenvalue weighted by atomic mass is 35.5. The van der Waals surface area contributed by atoms with E-state index in [1.165, 1.54) is 18.2 Å². The van der Waals surface area contributed by atoms with Crippen molar-refractivity contribution in [2.24, 2.45) is 0 Å². The number of para-hydroxylation sites is 2. The SMILES string of the molecule is Oc1cc(Oc2ccccc2)ccc1Cl.Oc1ccc(Cl)c(Oc2ccccc2)c1. The van der Waals surface area contributed by atoms with Gasteiger partial charge in [0, 0.05) is 12.1 Å². The third-order valence-corrected chi connectivity index (χ3v) is 4.41. The minimum absolute atomic E-state index is 0.0186. The Morgan fingerprint density at radius 2 is 1.10 bits per heavy atom. The number of ether oxygens (including phenoxy) is 2. The average Bonchev–Trinajstić information content (AvgIpc) is 2.75. The maximum atomic E-state index is 9.37. The molecule has 0 bridgehead atoms. The van der Waals surface area contributed by atoms with Gasteiger partial charge in [0.2, 0.25) is 0 Å². The molecule has 4 aromatic carbocycles. The van der Waals surface area contributed by atoms with Gasteiger partial charge >= 0.3 is 0 Å². The third kappa shape index (κ3) is 6.34. The lowest BCUT2D eigenvalue weighted by Crippen LogP contribution is -1.84. The highest BCUT2D eigenvalue weighted by Crippen LogP contribution is 2.32. The van der Waals surface area contributed by atoms with Crippen LogP contribution in [0.5, 0.6) is 34.5 Å². The van der Waals surface area contributed by atoms with Crippen molar-refractivity contribution >= 4 is 23.2 Å². The highest BCUT2D eigenvalue weighted by molar-refractivity contribution is 6.32. The summed E-state index contributed by atoms with van der Waals surface area (Å²) in [4.78, 5) is 0. The van der Waals surface area contributed by atoms with Gasteiger partial charge in [0.15, 0.2) is 0 Å². The monoisotopic (exact) mass is 440 g/mol. The second kappa shape index (κ2) is 10.4. The predicted octanol–water partition coefficient (Wildman–Crippen LogP) is 7.68. The fraction of sp³-hybridized carbons (Fsp3) is 0. The predicted molar refractivity (Wildman–Crippen MR) is 119 cm³/mol. The molecule has 0 amide bonds. The Balaban J connectivity index is 0.000000171. The number of rotatable bonds is 4. The molecule has 0 aromatic heterocycles. The van der Waals surface area contributed by atoms with E-state index in [-0.39, 0.29) is 11.5 Å². The second-order valence-electron chi connectivity index (χ2n) is 6.06. The number of benzene rings is 4. The van der Waals surface area contributed by atoms with Crippen LogP contribution < -0.4 is 9.47 Å². The second-order valence-corrected chi connectivity index (χ2v) is 6.87. The van der Waals surface area contributed by atoms with E-state index in [1.807, 2.05) is 60.7 Å². The summed E-state index contributed by atoms with van der Waals surface area (Å²) in [6, 6.07) is 28.0. The van der Waals surface area contributed by atoms with Crippen molar-refractivity contribution in [3.63, 3.8) is 0 Å². The molecule has 6 heteroatoms. The molecular formula is C24H18Cl2O4. The Hall–Kier alpha value is -3.34. The van der Waals surface area contributed by atoms with Gasteiger partial charge in [0.1, 0.15) is 34.5 Å². The van der Waals surface area contributed by atoms with Gasteiger partial charge in [-0.15, -0.1) is 0 Å². The standard InChI is InChI=1S/2C12H9ClO2/c13-11-7-6-9(14)8-12(11)15-10-4-2-1-3-5-10;13-11-7-6-10(8-12(11)14)15-9-4-2-1-3-5-9/h2*1-8,14H. The fourth-order valence-electron chi connectivity index (χ4n) is 2.37. The van der Waals surface area contributed by atoms with Crippen LogP contribution in [0.15, 0.2) is 97.1 Å². The summed E-state index contributed by atoms with van der Waals surface area (Å²) in [6.07, 6.45) is 0. The maximum Gasteiger partial charge on any atom is 0.149 e. The quantitative estimate of drug-likeness (QED) is 0.341. The Morgan fingerprint density at radius 1 is 0.533 bits per heavy atom. The summed E-state index contributed by atoms with van der Waals surface area (Å²) in [6.45, 7) is 0. The first kappa shape index (κ1) is 21.4. The Morgan fingerprint density at radius 3 is 1.70 bits per heavy atom. The topological polar surface area (TPSA) is 58.9 Å². The van der Waals surface area contributed by atoms with Gasteiger partial charge < -0.3 is 19.7 Å². The van der Waals surface area contributed by atoms with E-state index in [9.17, 15) is 10.2 Å². The molecule has 4 aromatic rings. The molecule has 0 aliphatic heterocycles. The molecule has 0 unspecified atom stereocenters. The highest BCUT2D eigenvalue weighted by Gasteiger charge is 2.04. The molecule has 152 valence electrons. The van der Waals surface area contributed by atoms with Gasteiger partial charge in [-0.05, 0) is 48.5 Å². The Labute approximate surface area is 184 Å². The van der Waals surface area contributed by atoms with Crippen LogP contribution >= 0.6 is 23.2 Å². The minimum Gasteiger partial charge on any atom is -0.508 e. The van der Waals surface area contributed by atoms with Crippen molar-refractivity contribution in [1.82, 2.24) is 0 Å². The van der Waals surface area contributed by atoms with Crippen molar-refractivity contribution in [2.45, 2.75) is 0 Å². The summed E-state index contributed by atoms with van der Waals surface area (Å²) in [5, 5.41) is 19.4. The zero-order valence-electron chi connectivity index (χ0n) is 15.7. The van der Waals surface area contributed by atoms with Crippen LogP contribution in [-0.4, -0.2) is 10.2 Å². The summed E-state index contributed by atoms with van der Waals surface area (Å²) in [5.41, 5.74) is 0. The van der Waals surface area contributed by atoms with E-state index < -0.39 is 0 Å². The van der Waals surface area contributed by atoms with Gasteiger partial charge in [0.05, 0.1) is 10.0 Å². The molecule has 0 fully saturated rings. The molecule has 2 N–H and O–H groups in total. The van der Waals surface area contributed by atoms with E-state index >= 15 is 0 Å². The van der Waals surface area contributed by atoms with Gasteiger partial charge in [-0.3, -0.25) is 0 Å². The lowest BCUT2D eigenvalue weighted by atomic mass is 10.3. The van der Waals surface area contributed by atoms with Crippen molar-refractivity contribution < 1.29 is 19.7 Å². The summed E-state index contributed by atoms with van der Waals surface area (Å²) in [7, 11) is 0. The van der Waals surface area contributed by atoms with Crippen LogP contribution in [0.2, 0.25) is 10.0 Å². The molecular weight excluding hydrogens is 423 g/mol. The van der Waals surface area contributed by atoms with Gasteiger partial charge in [-0.1, -0.05) is 59.6 Å². The smallest absolute Gasteiger partial charge is 0.149 e.